The first-order valence-electron chi connectivity index (χ1n) is 5.38. The largest absolute Gasteiger partial charge is 0.378 e. The van der Waals surface area contributed by atoms with Crippen LogP contribution < -0.4 is 0 Å². The Morgan fingerprint density at radius 3 is 2.50 bits per heavy atom. The molecule has 4 nitrogen and oxygen atoms in total. The molecular formula is C12H15NO3. The van der Waals surface area contributed by atoms with Crippen LogP contribution in [0, 0.1) is 0 Å². The molecule has 1 amide bonds. The SMILES string of the molecule is O=C([C@H](O)c1ccccc1)N1CCOCC1. The Morgan fingerprint density at radius 2 is 1.88 bits per heavy atom. The number of carbonyl (C=O) groups is 1. The fraction of sp³-hybridized carbons (Fsp3) is 0.417. The fourth-order valence-electron chi connectivity index (χ4n) is 1.73. The Bertz CT molecular complexity index is 347. The molecule has 0 bridgehead atoms. The van der Waals surface area contributed by atoms with Crippen LogP contribution in [0.4, 0.5) is 0 Å². The highest BCUT2D eigenvalue weighted by Gasteiger charge is 2.24. The van der Waals surface area contributed by atoms with Gasteiger partial charge in [0.05, 0.1) is 13.2 Å². The van der Waals surface area contributed by atoms with E-state index in [9.17, 15) is 9.90 Å². The first-order chi connectivity index (χ1) is 7.79. The summed E-state index contributed by atoms with van der Waals surface area (Å²) < 4.78 is 5.16. The van der Waals surface area contributed by atoms with Crippen LogP contribution in [-0.2, 0) is 9.53 Å². The van der Waals surface area contributed by atoms with E-state index in [0.29, 0.717) is 31.9 Å². The van der Waals surface area contributed by atoms with Gasteiger partial charge in [-0.3, -0.25) is 4.79 Å². The lowest BCUT2D eigenvalue weighted by molar-refractivity contribution is -0.144. The summed E-state index contributed by atoms with van der Waals surface area (Å²) in [6.45, 7) is 2.21. The Balaban J connectivity index is 2.04. The van der Waals surface area contributed by atoms with E-state index in [1.807, 2.05) is 18.2 Å². The van der Waals surface area contributed by atoms with E-state index in [0.717, 1.165) is 0 Å². The van der Waals surface area contributed by atoms with Crippen LogP contribution in [0.25, 0.3) is 0 Å². The van der Waals surface area contributed by atoms with E-state index < -0.39 is 6.10 Å². The first kappa shape index (κ1) is 11.1. The highest BCUT2D eigenvalue weighted by molar-refractivity contribution is 5.82. The maximum Gasteiger partial charge on any atom is 0.256 e. The number of aliphatic hydroxyl groups is 1. The van der Waals surface area contributed by atoms with Crippen LogP contribution in [0.2, 0.25) is 0 Å². The molecule has 1 aliphatic rings. The quantitative estimate of drug-likeness (QED) is 0.794. The zero-order valence-electron chi connectivity index (χ0n) is 9.00. The number of hydrogen-bond donors (Lipinski definition) is 1. The normalized spacial score (nSPS) is 18.2. The van der Waals surface area contributed by atoms with Gasteiger partial charge in [-0.25, -0.2) is 0 Å². The Kier molecular flexibility index (Phi) is 3.54. The van der Waals surface area contributed by atoms with Gasteiger partial charge in [0.2, 0.25) is 0 Å². The lowest BCUT2D eigenvalue weighted by atomic mass is 10.1. The van der Waals surface area contributed by atoms with E-state index in [1.165, 1.54) is 0 Å². The zero-order valence-corrected chi connectivity index (χ0v) is 9.00. The van der Waals surface area contributed by atoms with Gasteiger partial charge in [-0.1, -0.05) is 30.3 Å². The van der Waals surface area contributed by atoms with Crippen LogP contribution >= 0.6 is 0 Å². The number of hydrogen-bond acceptors (Lipinski definition) is 3. The van der Waals surface area contributed by atoms with Crippen LogP contribution in [0.1, 0.15) is 11.7 Å². The molecule has 1 aromatic rings. The summed E-state index contributed by atoms with van der Waals surface area (Å²) in [6, 6.07) is 8.98. The molecule has 0 aromatic heterocycles. The molecule has 1 fully saturated rings. The number of rotatable bonds is 2. The molecule has 1 aliphatic heterocycles. The van der Waals surface area contributed by atoms with Crippen molar-refractivity contribution in [2.24, 2.45) is 0 Å². The van der Waals surface area contributed by atoms with Gasteiger partial charge in [0.25, 0.3) is 5.91 Å². The maximum atomic E-state index is 11.9. The average Bonchev–Trinajstić information content (AvgIpc) is 2.39. The van der Waals surface area contributed by atoms with Crippen LogP contribution in [0.3, 0.4) is 0 Å². The average molecular weight is 221 g/mol. The molecule has 1 atom stereocenters. The second-order valence-corrected chi connectivity index (χ2v) is 3.75. The predicted molar refractivity (Wildman–Crippen MR) is 58.8 cm³/mol. The lowest BCUT2D eigenvalue weighted by Gasteiger charge is -2.28. The van der Waals surface area contributed by atoms with Gasteiger partial charge in [-0.15, -0.1) is 0 Å². The molecule has 1 saturated heterocycles. The van der Waals surface area contributed by atoms with Crippen LogP contribution in [0.15, 0.2) is 30.3 Å². The molecule has 0 aliphatic carbocycles. The second kappa shape index (κ2) is 5.09. The Hall–Kier alpha value is -1.39. The van der Waals surface area contributed by atoms with Crippen LogP contribution in [-0.4, -0.2) is 42.2 Å². The number of benzene rings is 1. The molecule has 0 spiro atoms. The molecule has 0 radical (unpaired) electrons. The molecule has 2 rings (SSSR count). The number of amides is 1. The predicted octanol–water partition coefficient (Wildman–Crippen LogP) is 0.579. The van der Waals surface area contributed by atoms with Gasteiger partial charge in [0.15, 0.2) is 6.10 Å². The van der Waals surface area contributed by atoms with Gasteiger partial charge in [-0.05, 0) is 5.56 Å². The number of morpholine rings is 1. The van der Waals surface area contributed by atoms with E-state index in [4.69, 9.17) is 4.74 Å². The van der Waals surface area contributed by atoms with Crippen LogP contribution in [0.5, 0.6) is 0 Å². The van der Waals surface area contributed by atoms with Gasteiger partial charge >= 0.3 is 0 Å². The van der Waals surface area contributed by atoms with Crippen molar-refractivity contribution in [1.29, 1.82) is 0 Å². The first-order valence-corrected chi connectivity index (χ1v) is 5.38. The molecule has 1 heterocycles. The van der Waals surface area contributed by atoms with Crippen molar-refractivity contribution < 1.29 is 14.6 Å². The summed E-state index contributed by atoms with van der Waals surface area (Å²) in [7, 11) is 0. The minimum Gasteiger partial charge on any atom is -0.378 e. The molecule has 0 saturated carbocycles. The minimum atomic E-state index is -1.06. The van der Waals surface area contributed by atoms with Gasteiger partial charge in [-0.2, -0.15) is 0 Å². The van der Waals surface area contributed by atoms with Crippen molar-refractivity contribution in [2.45, 2.75) is 6.10 Å². The zero-order chi connectivity index (χ0) is 11.4. The maximum absolute atomic E-state index is 11.9. The van der Waals surface area contributed by atoms with Crippen molar-refractivity contribution in [2.75, 3.05) is 26.3 Å². The topological polar surface area (TPSA) is 49.8 Å². The molecule has 1 aromatic carbocycles. The summed E-state index contributed by atoms with van der Waals surface area (Å²) in [4.78, 5) is 13.6. The van der Waals surface area contributed by atoms with E-state index in [1.54, 1.807) is 17.0 Å². The lowest BCUT2D eigenvalue weighted by Crippen LogP contribution is -2.43. The summed E-state index contributed by atoms with van der Waals surface area (Å²) >= 11 is 0. The smallest absolute Gasteiger partial charge is 0.256 e. The fourth-order valence-corrected chi connectivity index (χ4v) is 1.73. The monoisotopic (exact) mass is 221 g/mol. The summed E-state index contributed by atoms with van der Waals surface area (Å²) in [5, 5.41) is 9.91. The van der Waals surface area contributed by atoms with Gasteiger partial charge < -0.3 is 14.7 Å². The van der Waals surface area contributed by atoms with Crippen molar-refractivity contribution in [3.63, 3.8) is 0 Å². The van der Waals surface area contributed by atoms with Crippen molar-refractivity contribution in [3.8, 4) is 0 Å². The third-order valence-corrected chi connectivity index (χ3v) is 2.67. The number of nitrogens with zero attached hydrogens (tertiary/aromatic N) is 1. The summed E-state index contributed by atoms with van der Waals surface area (Å²) in [5.74, 6) is -0.241. The summed E-state index contributed by atoms with van der Waals surface area (Å²) in [5.41, 5.74) is 0.638. The minimum absolute atomic E-state index is 0.241. The van der Waals surface area contributed by atoms with Gasteiger partial charge in [0, 0.05) is 13.1 Å². The number of aliphatic hydroxyl groups excluding tert-OH is 1. The Morgan fingerprint density at radius 1 is 1.25 bits per heavy atom. The van der Waals surface area contributed by atoms with Crippen molar-refractivity contribution >= 4 is 5.91 Å². The van der Waals surface area contributed by atoms with Crippen molar-refractivity contribution in [1.82, 2.24) is 4.90 Å². The molecule has 86 valence electrons. The highest BCUT2D eigenvalue weighted by atomic mass is 16.5. The highest BCUT2D eigenvalue weighted by Crippen LogP contribution is 2.15. The molecule has 4 heteroatoms. The van der Waals surface area contributed by atoms with E-state index in [2.05, 4.69) is 0 Å². The number of ether oxygens (including phenoxy) is 1. The van der Waals surface area contributed by atoms with E-state index in [-0.39, 0.29) is 5.91 Å². The van der Waals surface area contributed by atoms with Gasteiger partial charge in [0.1, 0.15) is 0 Å². The Labute approximate surface area is 94.4 Å². The third-order valence-electron chi connectivity index (χ3n) is 2.67. The standard InChI is InChI=1S/C12H15NO3/c14-11(10-4-2-1-3-5-10)12(15)13-6-8-16-9-7-13/h1-5,11,14H,6-9H2/t11-/m1/s1. The molecular weight excluding hydrogens is 206 g/mol. The molecule has 1 N–H and O–H groups in total. The molecule has 16 heavy (non-hydrogen) atoms. The second-order valence-electron chi connectivity index (χ2n) is 3.75. The molecule has 0 unspecified atom stereocenters. The number of carbonyl (C=O) groups excluding carboxylic acids is 1. The van der Waals surface area contributed by atoms with Crippen molar-refractivity contribution in [3.05, 3.63) is 35.9 Å². The third kappa shape index (κ3) is 2.40. The van der Waals surface area contributed by atoms with E-state index >= 15 is 0 Å². The summed E-state index contributed by atoms with van der Waals surface area (Å²) in [6.07, 6.45) is -1.06.